The molecule has 3 aliphatic rings. The molecule has 37 heavy (non-hydrogen) atoms. The van der Waals surface area contributed by atoms with E-state index in [-0.39, 0.29) is 18.4 Å². The highest BCUT2D eigenvalue weighted by molar-refractivity contribution is 6.30. The molecule has 0 aromatic heterocycles. The Morgan fingerprint density at radius 2 is 1.73 bits per heavy atom. The van der Waals surface area contributed by atoms with Crippen molar-refractivity contribution in [3.8, 4) is 0 Å². The molecule has 9 heteroatoms. The summed E-state index contributed by atoms with van der Waals surface area (Å²) in [5.74, 6) is -0.220. The van der Waals surface area contributed by atoms with Crippen LogP contribution in [0.15, 0.2) is 77.9 Å². The van der Waals surface area contributed by atoms with E-state index >= 15 is 0 Å². The van der Waals surface area contributed by atoms with Crippen LogP contribution in [0, 0.1) is 5.41 Å². The van der Waals surface area contributed by atoms with Gasteiger partial charge in [0.25, 0.3) is 5.91 Å². The molecule has 1 fully saturated rings. The number of hydrogen-bond donors (Lipinski definition) is 0. The van der Waals surface area contributed by atoms with Gasteiger partial charge in [-0.25, -0.2) is 0 Å². The van der Waals surface area contributed by atoms with Gasteiger partial charge in [0.2, 0.25) is 0 Å². The van der Waals surface area contributed by atoms with Crippen LogP contribution >= 0.6 is 11.6 Å². The second-order valence-electron chi connectivity index (χ2n) is 9.76. The lowest BCUT2D eigenvalue weighted by atomic mass is 9.67. The molecule has 0 saturated carbocycles. The number of rotatable bonds is 2. The van der Waals surface area contributed by atoms with E-state index in [4.69, 9.17) is 11.6 Å². The number of hydrazone groups is 1. The molecule has 0 N–H and O–H groups in total. The van der Waals surface area contributed by atoms with Gasteiger partial charge in [0.1, 0.15) is 5.41 Å². The lowest BCUT2D eigenvalue weighted by Crippen LogP contribution is -2.67. The number of alkyl halides is 3. The van der Waals surface area contributed by atoms with Crippen LogP contribution in [0.4, 0.5) is 30.2 Å². The van der Waals surface area contributed by atoms with E-state index in [2.05, 4.69) is 14.9 Å². The third-order valence-electron chi connectivity index (χ3n) is 7.78. The zero-order valence-corrected chi connectivity index (χ0v) is 20.8. The Morgan fingerprint density at radius 3 is 2.46 bits per heavy atom. The molecular weight excluding hydrogens is 501 g/mol. The molecule has 0 aliphatic carbocycles. The Labute approximate surface area is 217 Å². The zero-order chi connectivity index (χ0) is 25.9. The molecular formula is C28H24ClF3N4O. The molecule has 5 nitrogen and oxygen atoms in total. The van der Waals surface area contributed by atoms with Gasteiger partial charge < -0.3 is 9.80 Å². The maximum Gasteiger partial charge on any atom is 0.416 e. The number of fused-ring (bicyclic) bond motifs is 4. The lowest BCUT2D eigenvalue weighted by Gasteiger charge is -2.53. The molecule has 1 amide bonds. The standard InChI is InChI=1S/C28H24ClF3N4O/c1-18-27(26(37)36(33-18)22-7-3-2-4-8-22)16-19-14-20(28(30,31)32)10-11-24(19)35-13-12-34(17-25(27)35)23-9-5-6-21(29)15-23/h2-11,14-15,25H,12-13,16-17H2,1H3/t25-,27+/m1/s1. The first-order chi connectivity index (χ1) is 17.7. The minimum Gasteiger partial charge on any atom is -0.368 e. The minimum absolute atomic E-state index is 0.147. The molecule has 0 unspecified atom stereocenters. The van der Waals surface area contributed by atoms with Gasteiger partial charge in [-0.1, -0.05) is 35.9 Å². The topological polar surface area (TPSA) is 39.2 Å². The average molecular weight is 525 g/mol. The summed E-state index contributed by atoms with van der Waals surface area (Å²) < 4.78 is 40.9. The summed E-state index contributed by atoms with van der Waals surface area (Å²) in [5.41, 5.74) is 1.62. The van der Waals surface area contributed by atoms with Gasteiger partial charge in [-0.05, 0) is 67.4 Å². The average Bonchev–Trinajstić information content (AvgIpc) is 3.13. The van der Waals surface area contributed by atoms with Crippen LogP contribution in [0.3, 0.4) is 0 Å². The number of benzene rings is 3. The smallest absolute Gasteiger partial charge is 0.368 e. The number of nitrogens with zero attached hydrogens (tertiary/aromatic N) is 4. The van der Waals surface area contributed by atoms with E-state index in [1.807, 2.05) is 61.5 Å². The number of halogens is 4. The first kappa shape index (κ1) is 23.9. The molecule has 0 radical (unpaired) electrons. The highest BCUT2D eigenvalue weighted by atomic mass is 35.5. The molecule has 1 saturated heterocycles. The number of anilines is 3. The number of carbonyl (C=O) groups is 1. The van der Waals surface area contributed by atoms with Crippen LogP contribution < -0.4 is 14.8 Å². The number of carbonyl (C=O) groups excluding carboxylic acids is 1. The van der Waals surface area contributed by atoms with Crippen LogP contribution in [0.25, 0.3) is 0 Å². The van der Waals surface area contributed by atoms with Crippen molar-refractivity contribution in [3.63, 3.8) is 0 Å². The van der Waals surface area contributed by atoms with Crippen LogP contribution in [0.2, 0.25) is 5.02 Å². The second kappa shape index (κ2) is 8.52. The Kier molecular flexibility index (Phi) is 5.49. The summed E-state index contributed by atoms with van der Waals surface area (Å²) in [6.45, 7) is 3.50. The summed E-state index contributed by atoms with van der Waals surface area (Å²) >= 11 is 6.27. The summed E-state index contributed by atoms with van der Waals surface area (Å²) in [4.78, 5) is 18.6. The fraction of sp³-hybridized carbons (Fsp3) is 0.286. The SMILES string of the molecule is CC1=NN(c2ccccc2)C(=O)[C@@]12Cc1cc(C(F)(F)F)ccc1N1CCN(c3cccc(Cl)c3)C[C@@H]12. The van der Waals surface area contributed by atoms with Crippen LogP contribution in [-0.2, 0) is 17.4 Å². The van der Waals surface area contributed by atoms with Gasteiger partial charge in [-0.3, -0.25) is 4.79 Å². The zero-order valence-electron chi connectivity index (χ0n) is 20.0. The quantitative estimate of drug-likeness (QED) is 0.411. The summed E-state index contributed by atoms with van der Waals surface area (Å²) in [7, 11) is 0. The molecule has 0 bridgehead atoms. The normalized spacial score (nSPS) is 23.3. The van der Waals surface area contributed by atoms with Gasteiger partial charge in [0, 0.05) is 36.0 Å². The molecule has 6 rings (SSSR count). The van der Waals surface area contributed by atoms with Crippen LogP contribution in [0.1, 0.15) is 18.1 Å². The van der Waals surface area contributed by atoms with Crippen molar-refractivity contribution >= 4 is 40.3 Å². The van der Waals surface area contributed by atoms with E-state index in [1.165, 1.54) is 11.1 Å². The van der Waals surface area contributed by atoms with Gasteiger partial charge >= 0.3 is 6.18 Å². The predicted octanol–water partition coefficient (Wildman–Crippen LogP) is 6.02. The fourth-order valence-corrected chi connectivity index (χ4v) is 6.15. The highest BCUT2D eigenvalue weighted by Crippen LogP contribution is 2.49. The van der Waals surface area contributed by atoms with Gasteiger partial charge in [0.15, 0.2) is 0 Å². The first-order valence-corrected chi connectivity index (χ1v) is 12.5. The van der Waals surface area contributed by atoms with E-state index < -0.39 is 17.2 Å². The molecule has 190 valence electrons. The number of piperazine rings is 1. The van der Waals surface area contributed by atoms with Crippen LogP contribution in [0.5, 0.6) is 0 Å². The van der Waals surface area contributed by atoms with E-state index in [1.54, 1.807) is 6.07 Å². The molecule has 3 heterocycles. The summed E-state index contributed by atoms with van der Waals surface area (Å²) in [6.07, 6.45) is -4.32. The van der Waals surface area contributed by atoms with E-state index in [9.17, 15) is 18.0 Å². The predicted molar refractivity (Wildman–Crippen MR) is 139 cm³/mol. The summed E-state index contributed by atoms with van der Waals surface area (Å²) in [6, 6.07) is 20.3. The van der Waals surface area contributed by atoms with Crippen molar-refractivity contribution < 1.29 is 18.0 Å². The van der Waals surface area contributed by atoms with Crippen LogP contribution in [-0.4, -0.2) is 37.3 Å². The lowest BCUT2D eigenvalue weighted by molar-refractivity contribution is -0.137. The Hall–Kier alpha value is -3.52. The van der Waals surface area contributed by atoms with Gasteiger partial charge in [0.05, 0.1) is 23.0 Å². The fourth-order valence-electron chi connectivity index (χ4n) is 5.96. The third kappa shape index (κ3) is 3.77. The molecule has 3 aliphatic heterocycles. The van der Waals surface area contributed by atoms with E-state index in [0.717, 1.165) is 17.4 Å². The largest absolute Gasteiger partial charge is 0.416 e. The first-order valence-electron chi connectivity index (χ1n) is 12.1. The minimum atomic E-state index is -4.47. The Bertz CT molecular complexity index is 1410. The molecule has 3 aromatic rings. The molecule has 3 aromatic carbocycles. The monoisotopic (exact) mass is 524 g/mol. The molecule has 2 atom stereocenters. The summed E-state index contributed by atoms with van der Waals surface area (Å²) in [5, 5.41) is 6.70. The second-order valence-corrected chi connectivity index (χ2v) is 10.2. The number of para-hydroxylation sites is 1. The number of hydrogen-bond acceptors (Lipinski definition) is 4. The maximum absolute atomic E-state index is 14.3. The third-order valence-corrected chi connectivity index (χ3v) is 8.01. The van der Waals surface area contributed by atoms with Crippen molar-refractivity contribution in [1.29, 1.82) is 0 Å². The van der Waals surface area contributed by atoms with Crippen molar-refractivity contribution in [1.82, 2.24) is 0 Å². The highest BCUT2D eigenvalue weighted by Gasteiger charge is 2.60. The maximum atomic E-state index is 14.3. The Morgan fingerprint density at radius 1 is 0.973 bits per heavy atom. The number of amides is 1. The van der Waals surface area contributed by atoms with Gasteiger partial charge in [-0.2, -0.15) is 23.3 Å². The van der Waals surface area contributed by atoms with Crippen molar-refractivity contribution in [2.45, 2.75) is 25.6 Å². The van der Waals surface area contributed by atoms with E-state index in [0.29, 0.717) is 41.6 Å². The molecule has 1 spiro atoms. The Balaban J connectivity index is 1.47. The van der Waals surface area contributed by atoms with Crippen molar-refractivity contribution in [3.05, 3.63) is 88.9 Å². The van der Waals surface area contributed by atoms with Crippen molar-refractivity contribution in [2.24, 2.45) is 10.5 Å². The van der Waals surface area contributed by atoms with Gasteiger partial charge in [-0.15, -0.1) is 0 Å². The van der Waals surface area contributed by atoms with Crippen molar-refractivity contribution in [2.75, 3.05) is 34.4 Å².